The first kappa shape index (κ1) is 17.9. The summed E-state index contributed by atoms with van der Waals surface area (Å²) < 4.78 is 1.56. The van der Waals surface area contributed by atoms with Crippen molar-refractivity contribution in [2.75, 3.05) is 12.3 Å². The lowest BCUT2D eigenvalue weighted by Gasteiger charge is -2.13. The Kier molecular flexibility index (Phi) is 6.74. The molecule has 2 amide bonds. The van der Waals surface area contributed by atoms with E-state index in [1.807, 2.05) is 37.3 Å². The predicted octanol–water partition coefficient (Wildman–Crippen LogP) is 0.785. The molecule has 1 aromatic carbocycles. The lowest BCUT2D eigenvalue weighted by atomic mass is 10.3. The van der Waals surface area contributed by atoms with E-state index in [2.05, 4.69) is 26.2 Å². The molecule has 0 radical (unpaired) electrons. The Labute approximate surface area is 144 Å². The second-order valence-electron chi connectivity index (χ2n) is 5.08. The monoisotopic (exact) mass is 348 g/mol. The number of nitrogens with one attached hydrogen (secondary N) is 2. The summed E-state index contributed by atoms with van der Waals surface area (Å²) in [7, 11) is 0. The van der Waals surface area contributed by atoms with E-state index in [4.69, 9.17) is 0 Å². The fourth-order valence-electron chi connectivity index (χ4n) is 1.88. The summed E-state index contributed by atoms with van der Waals surface area (Å²) in [6.07, 6.45) is 0.852. The molecule has 0 saturated heterocycles. The van der Waals surface area contributed by atoms with Crippen LogP contribution in [0.25, 0.3) is 5.69 Å². The molecule has 0 unspecified atom stereocenters. The molecule has 2 N–H and O–H groups in total. The third-order valence-electron chi connectivity index (χ3n) is 3.09. The number of aromatic nitrogens is 4. The van der Waals surface area contributed by atoms with Crippen LogP contribution in [-0.4, -0.2) is 50.4 Å². The number of benzene rings is 1. The lowest BCUT2D eigenvalue weighted by Crippen LogP contribution is -2.45. The Balaban J connectivity index is 1.87. The van der Waals surface area contributed by atoms with E-state index in [0.717, 1.165) is 12.1 Å². The van der Waals surface area contributed by atoms with Gasteiger partial charge in [0.2, 0.25) is 17.0 Å². The van der Waals surface area contributed by atoms with E-state index in [0.29, 0.717) is 11.7 Å². The summed E-state index contributed by atoms with van der Waals surface area (Å²) in [5, 5.41) is 17.4. The summed E-state index contributed by atoms with van der Waals surface area (Å²) in [5.74, 6) is -0.315. The van der Waals surface area contributed by atoms with Gasteiger partial charge in [0, 0.05) is 6.54 Å². The van der Waals surface area contributed by atoms with Crippen molar-refractivity contribution >= 4 is 23.6 Å². The number of thioether (sulfide) groups is 1. The van der Waals surface area contributed by atoms with E-state index >= 15 is 0 Å². The van der Waals surface area contributed by atoms with Crippen molar-refractivity contribution in [3.05, 3.63) is 30.3 Å². The second-order valence-corrected chi connectivity index (χ2v) is 6.02. The maximum absolute atomic E-state index is 12.0. The van der Waals surface area contributed by atoms with Crippen LogP contribution < -0.4 is 10.6 Å². The number of hydrogen-bond acceptors (Lipinski definition) is 6. The zero-order valence-electron chi connectivity index (χ0n) is 13.6. The van der Waals surface area contributed by atoms with Crippen LogP contribution in [0.15, 0.2) is 35.5 Å². The topological polar surface area (TPSA) is 102 Å². The normalized spacial score (nSPS) is 11.8. The third kappa shape index (κ3) is 5.05. The Morgan fingerprint density at radius 2 is 2.04 bits per heavy atom. The molecule has 2 aromatic rings. The molecule has 0 saturated carbocycles. The summed E-state index contributed by atoms with van der Waals surface area (Å²) in [4.78, 5) is 23.7. The van der Waals surface area contributed by atoms with Crippen LogP contribution in [0, 0.1) is 0 Å². The highest BCUT2D eigenvalue weighted by atomic mass is 32.2. The van der Waals surface area contributed by atoms with Crippen molar-refractivity contribution in [2.45, 2.75) is 31.5 Å². The van der Waals surface area contributed by atoms with Crippen molar-refractivity contribution in [1.82, 2.24) is 30.8 Å². The molecule has 0 spiro atoms. The number of amides is 2. The van der Waals surface area contributed by atoms with Gasteiger partial charge < -0.3 is 10.6 Å². The van der Waals surface area contributed by atoms with Gasteiger partial charge in [-0.25, -0.2) is 0 Å². The molecule has 0 fully saturated rings. The maximum Gasteiger partial charge on any atom is 0.242 e. The van der Waals surface area contributed by atoms with Crippen LogP contribution in [0.1, 0.15) is 20.3 Å². The minimum Gasteiger partial charge on any atom is -0.354 e. The number of hydrogen-bond donors (Lipinski definition) is 2. The SMILES string of the molecule is CCCNC(=O)[C@H](C)NC(=O)CSc1nnnn1-c1ccccc1. The maximum atomic E-state index is 12.0. The average molecular weight is 348 g/mol. The molecule has 1 aromatic heterocycles. The van der Waals surface area contributed by atoms with Crippen molar-refractivity contribution in [3.8, 4) is 5.69 Å². The highest BCUT2D eigenvalue weighted by molar-refractivity contribution is 7.99. The molecule has 1 heterocycles. The van der Waals surface area contributed by atoms with Gasteiger partial charge in [0.05, 0.1) is 11.4 Å². The fourth-order valence-corrected chi connectivity index (χ4v) is 2.58. The van der Waals surface area contributed by atoms with Gasteiger partial charge in [-0.1, -0.05) is 36.9 Å². The smallest absolute Gasteiger partial charge is 0.242 e. The summed E-state index contributed by atoms with van der Waals surface area (Å²) in [5.41, 5.74) is 0.817. The molecule has 24 heavy (non-hydrogen) atoms. The minimum absolute atomic E-state index is 0.124. The van der Waals surface area contributed by atoms with E-state index in [9.17, 15) is 9.59 Å². The molecule has 128 valence electrons. The van der Waals surface area contributed by atoms with Gasteiger partial charge in [0.25, 0.3) is 0 Å². The minimum atomic E-state index is -0.574. The predicted molar refractivity (Wildman–Crippen MR) is 90.8 cm³/mol. The highest BCUT2D eigenvalue weighted by Gasteiger charge is 2.16. The number of carbonyl (C=O) groups excluding carboxylic acids is 2. The lowest BCUT2D eigenvalue weighted by molar-refractivity contribution is -0.127. The largest absolute Gasteiger partial charge is 0.354 e. The first-order valence-electron chi connectivity index (χ1n) is 7.65. The number of tetrazole rings is 1. The van der Waals surface area contributed by atoms with E-state index in [1.54, 1.807) is 11.6 Å². The number of para-hydroxylation sites is 1. The molecule has 2 rings (SSSR count). The van der Waals surface area contributed by atoms with Gasteiger partial charge in [0.1, 0.15) is 6.04 Å². The Morgan fingerprint density at radius 1 is 1.29 bits per heavy atom. The van der Waals surface area contributed by atoms with Crippen LogP contribution in [0.4, 0.5) is 0 Å². The van der Waals surface area contributed by atoms with Crippen LogP contribution >= 0.6 is 11.8 Å². The van der Waals surface area contributed by atoms with Crippen molar-refractivity contribution in [2.24, 2.45) is 0 Å². The Morgan fingerprint density at radius 3 is 2.75 bits per heavy atom. The van der Waals surface area contributed by atoms with Gasteiger partial charge in [-0.15, -0.1) is 5.10 Å². The molecule has 9 heteroatoms. The zero-order chi connectivity index (χ0) is 17.4. The van der Waals surface area contributed by atoms with Crippen molar-refractivity contribution in [1.29, 1.82) is 0 Å². The molecular weight excluding hydrogens is 328 g/mol. The van der Waals surface area contributed by atoms with Crippen LogP contribution in [0.5, 0.6) is 0 Å². The Hall–Kier alpha value is -2.42. The standard InChI is InChI=1S/C15H20N6O2S/c1-3-9-16-14(23)11(2)17-13(22)10-24-15-18-19-20-21(15)12-7-5-4-6-8-12/h4-8,11H,3,9-10H2,1-2H3,(H,16,23)(H,17,22)/t11-/m0/s1. The summed E-state index contributed by atoms with van der Waals surface area (Å²) >= 11 is 1.21. The fraction of sp³-hybridized carbons (Fsp3) is 0.400. The number of nitrogens with zero attached hydrogens (tertiary/aromatic N) is 4. The van der Waals surface area contributed by atoms with Gasteiger partial charge in [-0.05, 0) is 35.9 Å². The number of rotatable bonds is 8. The highest BCUT2D eigenvalue weighted by Crippen LogP contribution is 2.17. The first-order valence-corrected chi connectivity index (χ1v) is 8.64. The van der Waals surface area contributed by atoms with Crippen LogP contribution in [-0.2, 0) is 9.59 Å². The van der Waals surface area contributed by atoms with E-state index < -0.39 is 6.04 Å². The van der Waals surface area contributed by atoms with Crippen LogP contribution in [0.2, 0.25) is 0 Å². The van der Waals surface area contributed by atoms with Crippen molar-refractivity contribution in [3.63, 3.8) is 0 Å². The van der Waals surface area contributed by atoms with E-state index in [1.165, 1.54) is 11.8 Å². The molecule has 0 bridgehead atoms. The quantitative estimate of drug-likeness (QED) is 0.684. The molecule has 1 atom stereocenters. The van der Waals surface area contributed by atoms with Gasteiger partial charge in [-0.2, -0.15) is 4.68 Å². The zero-order valence-corrected chi connectivity index (χ0v) is 14.4. The van der Waals surface area contributed by atoms with Gasteiger partial charge >= 0.3 is 0 Å². The Bertz CT molecular complexity index is 676. The van der Waals surface area contributed by atoms with Gasteiger partial charge in [-0.3, -0.25) is 9.59 Å². The second kappa shape index (κ2) is 9.02. The molecule has 0 aliphatic carbocycles. The molecule has 8 nitrogen and oxygen atoms in total. The van der Waals surface area contributed by atoms with E-state index in [-0.39, 0.29) is 17.6 Å². The van der Waals surface area contributed by atoms with Gasteiger partial charge in [0.15, 0.2) is 0 Å². The molecule has 0 aliphatic rings. The molecular formula is C15H20N6O2S. The first-order chi connectivity index (χ1) is 11.6. The third-order valence-corrected chi connectivity index (χ3v) is 4.01. The number of carbonyl (C=O) groups is 2. The molecule has 0 aliphatic heterocycles. The van der Waals surface area contributed by atoms with Crippen molar-refractivity contribution < 1.29 is 9.59 Å². The summed E-state index contributed by atoms with van der Waals surface area (Å²) in [6.45, 7) is 4.22. The van der Waals surface area contributed by atoms with Crippen LogP contribution in [0.3, 0.4) is 0 Å². The summed E-state index contributed by atoms with van der Waals surface area (Å²) in [6, 6.07) is 8.85. The average Bonchev–Trinajstić information content (AvgIpc) is 3.07.